The van der Waals surface area contributed by atoms with Gasteiger partial charge < -0.3 is 15.5 Å². The summed E-state index contributed by atoms with van der Waals surface area (Å²) in [4.78, 5) is 41.2. The predicted octanol–water partition coefficient (Wildman–Crippen LogP) is 2.68. The fourth-order valence-electron chi connectivity index (χ4n) is 3.39. The maximum absolute atomic E-state index is 12.7. The molecule has 2 aromatic rings. The van der Waals surface area contributed by atoms with Crippen LogP contribution < -0.4 is 10.6 Å². The number of rotatable bonds is 6. The van der Waals surface area contributed by atoms with Crippen molar-refractivity contribution in [3.63, 3.8) is 0 Å². The molecule has 2 aromatic carbocycles. The number of hydrogen-bond acceptors (Lipinski definition) is 4. The van der Waals surface area contributed by atoms with Crippen molar-refractivity contribution in [1.29, 1.82) is 0 Å². The number of anilines is 2. The molecule has 30 heavy (non-hydrogen) atoms. The summed E-state index contributed by atoms with van der Waals surface area (Å²) in [5.74, 6) is -0.327. The normalized spacial score (nSPS) is 14.4. The second kappa shape index (κ2) is 10.0. The fourth-order valence-corrected chi connectivity index (χ4v) is 3.39. The van der Waals surface area contributed by atoms with Crippen LogP contribution in [0.5, 0.6) is 0 Å². The Bertz CT molecular complexity index is 890. The minimum absolute atomic E-state index is 0.0154. The van der Waals surface area contributed by atoms with Crippen molar-refractivity contribution in [1.82, 2.24) is 9.80 Å². The van der Waals surface area contributed by atoms with Gasteiger partial charge in [0.05, 0.1) is 17.8 Å². The molecule has 0 spiro atoms. The number of nitrogens with zero attached hydrogens (tertiary/aromatic N) is 2. The average molecular weight is 409 g/mol. The van der Waals surface area contributed by atoms with Gasteiger partial charge in [-0.15, -0.1) is 0 Å². The molecule has 0 aliphatic carbocycles. The molecule has 0 saturated carbocycles. The molecule has 1 fully saturated rings. The first-order valence-electron chi connectivity index (χ1n) is 10.2. The van der Waals surface area contributed by atoms with E-state index in [2.05, 4.69) is 10.6 Å². The molecule has 7 nitrogen and oxygen atoms in total. The van der Waals surface area contributed by atoms with E-state index in [1.165, 1.54) is 0 Å². The lowest BCUT2D eigenvalue weighted by atomic mass is 10.1. The van der Waals surface area contributed by atoms with E-state index < -0.39 is 0 Å². The van der Waals surface area contributed by atoms with E-state index in [1.54, 1.807) is 24.3 Å². The number of nitrogens with one attached hydrogen (secondary N) is 2. The Hall–Kier alpha value is -3.19. The first-order chi connectivity index (χ1) is 14.4. The number of piperazine rings is 1. The van der Waals surface area contributed by atoms with E-state index in [4.69, 9.17) is 0 Å². The minimum atomic E-state index is -0.280. The van der Waals surface area contributed by atoms with Crippen LogP contribution in [0.1, 0.15) is 24.2 Å². The molecule has 0 unspecified atom stereocenters. The van der Waals surface area contributed by atoms with Crippen LogP contribution in [-0.2, 0) is 9.59 Å². The van der Waals surface area contributed by atoms with Gasteiger partial charge >= 0.3 is 0 Å². The van der Waals surface area contributed by atoms with Crippen molar-refractivity contribution >= 4 is 29.1 Å². The van der Waals surface area contributed by atoms with Gasteiger partial charge in [0.15, 0.2) is 0 Å². The van der Waals surface area contributed by atoms with Crippen LogP contribution in [0.3, 0.4) is 0 Å². The SMILES string of the molecule is CC(C)C(=O)N1CCN(CC(=O)Nc2ccccc2C(=O)Nc2ccccc2)CC1. The lowest BCUT2D eigenvalue weighted by Gasteiger charge is -2.35. The van der Waals surface area contributed by atoms with Gasteiger partial charge in [-0.3, -0.25) is 19.3 Å². The van der Waals surface area contributed by atoms with Gasteiger partial charge in [0.25, 0.3) is 5.91 Å². The molecule has 0 bridgehead atoms. The van der Waals surface area contributed by atoms with Crippen molar-refractivity contribution in [3.05, 3.63) is 60.2 Å². The molecule has 7 heteroatoms. The standard InChI is InChI=1S/C23H28N4O3/c1-17(2)23(30)27-14-12-26(13-15-27)16-21(28)25-20-11-7-6-10-19(20)22(29)24-18-8-4-3-5-9-18/h3-11,17H,12-16H2,1-2H3,(H,24,29)(H,25,28). The molecule has 0 aromatic heterocycles. The number of amides is 3. The van der Waals surface area contributed by atoms with Gasteiger partial charge in [-0.2, -0.15) is 0 Å². The van der Waals surface area contributed by atoms with Crippen LogP contribution in [0.2, 0.25) is 0 Å². The summed E-state index contributed by atoms with van der Waals surface area (Å²) in [6, 6.07) is 16.1. The van der Waals surface area contributed by atoms with Gasteiger partial charge in [0, 0.05) is 37.8 Å². The van der Waals surface area contributed by atoms with Gasteiger partial charge in [-0.25, -0.2) is 0 Å². The number of carbonyl (C=O) groups excluding carboxylic acids is 3. The van der Waals surface area contributed by atoms with Gasteiger partial charge in [-0.1, -0.05) is 44.2 Å². The third-order valence-electron chi connectivity index (χ3n) is 5.02. The minimum Gasteiger partial charge on any atom is -0.340 e. The molecule has 1 aliphatic heterocycles. The van der Waals surface area contributed by atoms with Crippen LogP contribution >= 0.6 is 0 Å². The highest BCUT2D eigenvalue weighted by atomic mass is 16.2. The van der Waals surface area contributed by atoms with Crippen molar-refractivity contribution in [3.8, 4) is 0 Å². The zero-order chi connectivity index (χ0) is 21.5. The lowest BCUT2D eigenvalue weighted by Crippen LogP contribution is -2.51. The number of carbonyl (C=O) groups is 3. The summed E-state index contributed by atoms with van der Waals surface area (Å²) in [5.41, 5.74) is 1.57. The van der Waals surface area contributed by atoms with E-state index in [0.29, 0.717) is 43.1 Å². The average Bonchev–Trinajstić information content (AvgIpc) is 2.74. The van der Waals surface area contributed by atoms with Crippen LogP contribution in [0.4, 0.5) is 11.4 Å². The molecule has 3 amide bonds. The van der Waals surface area contributed by atoms with Crippen molar-refractivity contribution in [2.24, 2.45) is 5.92 Å². The highest BCUT2D eigenvalue weighted by molar-refractivity contribution is 6.10. The van der Waals surface area contributed by atoms with E-state index in [9.17, 15) is 14.4 Å². The van der Waals surface area contributed by atoms with Gasteiger partial charge in [-0.05, 0) is 24.3 Å². The molecule has 158 valence electrons. The second-order valence-electron chi connectivity index (χ2n) is 7.67. The third-order valence-corrected chi connectivity index (χ3v) is 5.02. The second-order valence-corrected chi connectivity index (χ2v) is 7.67. The molecular weight excluding hydrogens is 380 g/mol. The summed E-state index contributed by atoms with van der Waals surface area (Å²) < 4.78 is 0. The van der Waals surface area contributed by atoms with E-state index in [-0.39, 0.29) is 30.2 Å². The first-order valence-corrected chi connectivity index (χ1v) is 10.2. The Morgan fingerprint density at radius 2 is 1.50 bits per heavy atom. The molecule has 2 N–H and O–H groups in total. The van der Waals surface area contributed by atoms with Crippen LogP contribution in [0.25, 0.3) is 0 Å². The quantitative estimate of drug-likeness (QED) is 0.770. The maximum Gasteiger partial charge on any atom is 0.257 e. The fraction of sp³-hybridized carbons (Fsp3) is 0.348. The van der Waals surface area contributed by atoms with Crippen LogP contribution in [-0.4, -0.2) is 60.2 Å². The largest absolute Gasteiger partial charge is 0.340 e. The van der Waals surface area contributed by atoms with Crippen LogP contribution in [0.15, 0.2) is 54.6 Å². The Balaban J connectivity index is 1.56. The number of para-hydroxylation sites is 2. The Kier molecular flexibility index (Phi) is 7.19. The summed E-state index contributed by atoms with van der Waals surface area (Å²) in [7, 11) is 0. The van der Waals surface area contributed by atoms with E-state index >= 15 is 0 Å². The third kappa shape index (κ3) is 5.67. The summed E-state index contributed by atoms with van der Waals surface area (Å²) in [6.07, 6.45) is 0. The zero-order valence-corrected chi connectivity index (χ0v) is 17.4. The maximum atomic E-state index is 12.7. The topological polar surface area (TPSA) is 81.8 Å². The van der Waals surface area contributed by atoms with E-state index in [1.807, 2.05) is 54.0 Å². The summed E-state index contributed by atoms with van der Waals surface area (Å²) in [6.45, 7) is 6.57. The molecule has 3 rings (SSSR count). The molecule has 1 saturated heterocycles. The highest BCUT2D eigenvalue weighted by Crippen LogP contribution is 2.18. The Labute approximate surface area is 177 Å². The lowest BCUT2D eigenvalue weighted by molar-refractivity contribution is -0.136. The summed E-state index contributed by atoms with van der Waals surface area (Å²) >= 11 is 0. The van der Waals surface area contributed by atoms with Crippen molar-refractivity contribution < 1.29 is 14.4 Å². The monoisotopic (exact) mass is 408 g/mol. The molecule has 1 heterocycles. The molecule has 0 radical (unpaired) electrons. The molecular formula is C23H28N4O3. The summed E-state index contributed by atoms with van der Waals surface area (Å²) in [5, 5.41) is 5.69. The molecule has 1 aliphatic rings. The van der Waals surface area contributed by atoms with E-state index in [0.717, 1.165) is 0 Å². The predicted molar refractivity (Wildman–Crippen MR) is 117 cm³/mol. The van der Waals surface area contributed by atoms with Gasteiger partial charge in [0.2, 0.25) is 11.8 Å². The zero-order valence-electron chi connectivity index (χ0n) is 17.4. The number of hydrogen-bond donors (Lipinski definition) is 2. The van der Waals surface area contributed by atoms with Gasteiger partial charge in [0.1, 0.15) is 0 Å². The Morgan fingerprint density at radius 1 is 0.867 bits per heavy atom. The Morgan fingerprint density at radius 3 is 2.17 bits per heavy atom. The number of benzene rings is 2. The first kappa shape index (κ1) is 21.5. The molecule has 0 atom stereocenters. The van der Waals surface area contributed by atoms with Crippen LogP contribution in [0, 0.1) is 5.92 Å². The van der Waals surface area contributed by atoms with Crippen molar-refractivity contribution in [2.75, 3.05) is 43.4 Å². The smallest absolute Gasteiger partial charge is 0.257 e. The highest BCUT2D eigenvalue weighted by Gasteiger charge is 2.24. The van der Waals surface area contributed by atoms with Crippen molar-refractivity contribution in [2.45, 2.75) is 13.8 Å².